The summed E-state index contributed by atoms with van der Waals surface area (Å²) >= 11 is 0. The van der Waals surface area contributed by atoms with Gasteiger partial charge in [0.1, 0.15) is 5.82 Å². The molecule has 1 aromatic rings. The molecule has 0 atom stereocenters. The van der Waals surface area contributed by atoms with Crippen LogP contribution in [0.15, 0.2) is 6.07 Å². The van der Waals surface area contributed by atoms with Gasteiger partial charge in [0.05, 0.1) is 0 Å². The lowest BCUT2D eigenvalue weighted by molar-refractivity contribution is 0.614. The lowest BCUT2D eigenvalue weighted by Crippen LogP contribution is -1.89. The smallest absolute Gasteiger partial charge is 0.134 e. The van der Waals surface area contributed by atoms with Crippen LogP contribution in [0.25, 0.3) is 0 Å². The maximum atomic E-state index is 12.7. The van der Waals surface area contributed by atoms with Crippen LogP contribution in [-0.4, -0.2) is 0 Å². The summed E-state index contributed by atoms with van der Waals surface area (Å²) < 4.78 is 12.7. The first-order valence-electron chi connectivity index (χ1n) is 3.27. The van der Waals surface area contributed by atoms with Crippen molar-refractivity contribution in [2.24, 2.45) is 0 Å². The number of benzene rings is 1. The van der Waals surface area contributed by atoms with Crippen LogP contribution in [0.5, 0.6) is 0 Å². The van der Waals surface area contributed by atoms with E-state index in [4.69, 9.17) is 0 Å². The molecule has 0 heterocycles. The molecular formula is C9H10F. The molecule has 1 heteroatoms. The predicted octanol–water partition coefficient (Wildman–Crippen LogP) is 2.55. The van der Waals surface area contributed by atoms with Gasteiger partial charge in [0.2, 0.25) is 0 Å². The average molecular weight is 137 g/mol. The molecule has 1 rings (SSSR count). The van der Waals surface area contributed by atoms with Gasteiger partial charge in [-0.25, -0.2) is 4.39 Å². The van der Waals surface area contributed by atoms with Crippen molar-refractivity contribution in [3.8, 4) is 0 Å². The molecule has 10 heavy (non-hydrogen) atoms. The highest BCUT2D eigenvalue weighted by Gasteiger charge is 2.01. The highest BCUT2D eigenvalue weighted by atomic mass is 19.1. The quantitative estimate of drug-likeness (QED) is 0.515. The second-order valence-electron chi connectivity index (χ2n) is 2.54. The summed E-state index contributed by atoms with van der Waals surface area (Å²) in [6, 6.07) is 4.22. The Labute approximate surface area is 60.7 Å². The molecule has 1 aromatic carbocycles. The standard InChI is InChI=1S/C9H10F/c1-6-4-5-9(10)8(3)7(6)2/h4H,1-3H3. The fourth-order valence-electron chi connectivity index (χ4n) is 0.848. The van der Waals surface area contributed by atoms with Crippen molar-refractivity contribution in [2.75, 3.05) is 0 Å². The Morgan fingerprint density at radius 3 is 2.30 bits per heavy atom. The molecule has 1 radical (unpaired) electrons. The van der Waals surface area contributed by atoms with E-state index in [1.54, 1.807) is 13.0 Å². The van der Waals surface area contributed by atoms with E-state index in [0.29, 0.717) is 5.56 Å². The SMILES string of the molecule is Cc1c[c]c(F)c(C)c1C. The van der Waals surface area contributed by atoms with Crippen LogP contribution in [0.1, 0.15) is 16.7 Å². The second-order valence-corrected chi connectivity index (χ2v) is 2.54. The van der Waals surface area contributed by atoms with Crippen molar-refractivity contribution < 1.29 is 4.39 Å². The molecule has 0 amide bonds. The Kier molecular flexibility index (Phi) is 1.75. The number of aryl methyl sites for hydroxylation is 1. The first-order chi connectivity index (χ1) is 4.63. The molecule has 0 saturated carbocycles. The van der Waals surface area contributed by atoms with Gasteiger partial charge in [0.15, 0.2) is 0 Å². The Bertz CT molecular complexity index is 224. The van der Waals surface area contributed by atoms with E-state index in [-0.39, 0.29) is 5.82 Å². The highest BCUT2D eigenvalue weighted by Crippen LogP contribution is 2.14. The first kappa shape index (κ1) is 7.26. The minimum atomic E-state index is -0.233. The molecule has 0 N–H and O–H groups in total. The number of hydrogen-bond donors (Lipinski definition) is 0. The van der Waals surface area contributed by atoms with Crippen LogP contribution >= 0.6 is 0 Å². The predicted molar refractivity (Wildman–Crippen MR) is 39.4 cm³/mol. The van der Waals surface area contributed by atoms with Gasteiger partial charge in [0, 0.05) is 6.07 Å². The van der Waals surface area contributed by atoms with E-state index in [0.717, 1.165) is 11.1 Å². The van der Waals surface area contributed by atoms with Crippen LogP contribution < -0.4 is 0 Å². The van der Waals surface area contributed by atoms with Crippen LogP contribution in [0.2, 0.25) is 0 Å². The Balaban J connectivity index is 3.34. The first-order valence-corrected chi connectivity index (χ1v) is 3.27. The Morgan fingerprint density at radius 1 is 1.20 bits per heavy atom. The van der Waals surface area contributed by atoms with Crippen LogP contribution in [0, 0.1) is 32.7 Å². The van der Waals surface area contributed by atoms with Crippen molar-refractivity contribution >= 4 is 0 Å². The van der Waals surface area contributed by atoms with Gasteiger partial charge in [-0.05, 0) is 43.5 Å². The monoisotopic (exact) mass is 137 g/mol. The van der Waals surface area contributed by atoms with Gasteiger partial charge in [0.25, 0.3) is 0 Å². The van der Waals surface area contributed by atoms with Crippen molar-refractivity contribution in [3.63, 3.8) is 0 Å². The Morgan fingerprint density at radius 2 is 1.80 bits per heavy atom. The summed E-state index contributed by atoms with van der Waals surface area (Å²) in [6.45, 7) is 5.65. The topological polar surface area (TPSA) is 0 Å². The number of hydrogen-bond acceptors (Lipinski definition) is 0. The minimum absolute atomic E-state index is 0.233. The zero-order chi connectivity index (χ0) is 7.72. The zero-order valence-electron chi connectivity index (χ0n) is 6.46. The molecule has 53 valence electrons. The highest BCUT2D eigenvalue weighted by molar-refractivity contribution is 5.32. The van der Waals surface area contributed by atoms with E-state index in [1.807, 2.05) is 13.8 Å². The van der Waals surface area contributed by atoms with Gasteiger partial charge >= 0.3 is 0 Å². The van der Waals surface area contributed by atoms with Gasteiger partial charge in [-0.1, -0.05) is 0 Å². The average Bonchev–Trinajstić information content (AvgIpc) is 1.93. The van der Waals surface area contributed by atoms with Crippen molar-refractivity contribution in [1.82, 2.24) is 0 Å². The molecule has 0 aliphatic rings. The summed E-state index contributed by atoms with van der Waals surface area (Å²) in [7, 11) is 0. The molecule has 0 unspecified atom stereocenters. The maximum absolute atomic E-state index is 12.7. The summed E-state index contributed by atoms with van der Waals surface area (Å²) in [5, 5.41) is 0. The van der Waals surface area contributed by atoms with E-state index < -0.39 is 0 Å². The molecular weight excluding hydrogens is 127 g/mol. The van der Waals surface area contributed by atoms with Crippen molar-refractivity contribution in [1.29, 1.82) is 0 Å². The molecule has 0 nitrogen and oxygen atoms in total. The van der Waals surface area contributed by atoms with Gasteiger partial charge < -0.3 is 0 Å². The van der Waals surface area contributed by atoms with Crippen LogP contribution in [0.4, 0.5) is 4.39 Å². The van der Waals surface area contributed by atoms with E-state index in [9.17, 15) is 4.39 Å². The lowest BCUT2D eigenvalue weighted by atomic mass is 10.0. The Hall–Kier alpha value is -0.850. The van der Waals surface area contributed by atoms with Gasteiger partial charge in [-0.15, -0.1) is 0 Å². The zero-order valence-corrected chi connectivity index (χ0v) is 6.46. The number of halogens is 1. The second kappa shape index (κ2) is 2.41. The molecule has 0 aliphatic heterocycles. The molecule has 0 fully saturated rings. The third-order valence-electron chi connectivity index (χ3n) is 1.90. The third kappa shape index (κ3) is 1.04. The molecule has 0 bridgehead atoms. The van der Waals surface area contributed by atoms with Crippen LogP contribution in [0.3, 0.4) is 0 Å². The normalized spacial score (nSPS) is 10.0. The largest absolute Gasteiger partial charge is 0.206 e. The van der Waals surface area contributed by atoms with E-state index in [2.05, 4.69) is 6.07 Å². The summed E-state index contributed by atoms with van der Waals surface area (Å²) in [5.41, 5.74) is 2.83. The van der Waals surface area contributed by atoms with Gasteiger partial charge in [-0.2, -0.15) is 0 Å². The molecule has 0 spiro atoms. The molecule has 0 saturated heterocycles. The maximum Gasteiger partial charge on any atom is 0.134 e. The van der Waals surface area contributed by atoms with Gasteiger partial charge in [-0.3, -0.25) is 0 Å². The van der Waals surface area contributed by atoms with E-state index in [1.165, 1.54) is 0 Å². The van der Waals surface area contributed by atoms with Crippen molar-refractivity contribution in [3.05, 3.63) is 34.6 Å². The van der Waals surface area contributed by atoms with E-state index >= 15 is 0 Å². The summed E-state index contributed by atoms with van der Waals surface area (Å²) in [6.07, 6.45) is 0. The summed E-state index contributed by atoms with van der Waals surface area (Å²) in [4.78, 5) is 0. The molecule has 0 aromatic heterocycles. The fourth-order valence-corrected chi connectivity index (χ4v) is 0.848. The minimum Gasteiger partial charge on any atom is -0.206 e. The van der Waals surface area contributed by atoms with Crippen LogP contribution in [-0.2, 0) is 0 Å². The fraction of sp³-hybridized carbons (Fsp3) is 0.333. The number of rotatable bonds is 0. The van der Waals surface area contributed by atoms with Crippen molar-refractivity contribution in [2.45, 2.75) is 20.8 Å². The molecule has 0 aliphatic carbocycles. The summed E-state index contributed by atoms with van der Waals surface area (Å²) in [5.74, 6) is -0.233. The third-order valence-corrected chi connectivity index (χ3v) is 1.90. The lowest BCUT2D eigenvalue weighted by Gasteiger charge is -2.03.